The van der Waals surface area contributed by atoms with Crippen molar-refractivity contribution in [2.24, 2.45) is 0 Å². The van der Waals surface area contributed by atoms with Crippen LogP contribution in [-0.2, 0) is 29.3 Å². The molecule has 0 bridgehead atoms. The number of carbonyl (C=O) groups is 2. The Bertz CT molecular complexity index is 5590. The topological polar surface area (TPSA) is 233 Å². The molecule has 2 saturated heterocycles. The number of benzene rings is 5. The molecule has 0 radical (unpaired) electrons. The number of likely N-dealkylation sites (tertiary alicyclic amines) is 2. The normalized spacial score (nSPS) is 13.4. The van der Waals surface area contributed by atoms with Gasteiger partial charge in [0.15, 0.2) is 0 Å². The second kappa shape index (κ2) is 34.1. The smallest absolute Gasteiger partial charge is 0.236 e. The minimum atomic E-state index is -0.305. The molecule has 0 unspecified atom stereocenters. The predicted octanol–water partition coefficient (Wildman–Crippen LogP) is 15.6. The van der Waals surface area contributed by atoms with Crippen LogP contribution in [0.1, 0.15) is 93.8 Å². The summed E-state index contributed by atoms with van der Waals surface area (Å²) in [4.78, 5) is 75.3. The molecule has 0 aliphatic carbocycles. The van der Waals surface area contributed by atoms with E-state index in [2.05, 4.69) is 69.0 Å². The number of aromatic nitrogens is 12. The first-order valence-corrected chi connectivity index (χ1v) is 37.5. The number of halogens is 3. The van der Waals surface area contributed by atoms with Crippen molar-refractivity contribution in [2.45, 2.75) is 91.2 Å². The van der Waals surface area contributed by atoms with E-state index in [1.54, 1.807) is 55.0 Å². The number of pyridine rings is 3. The molecule has 0 saturated carbocycles. The Balaban J connectivity index is 0.000000142. The summed E-state index contributed by atoms with van der Waals surface area (Å²) < 4.78 is 47.0. The molecule has 112 heavy (non-hydrogen) atoms. The standard InChI is InChI=1S/C33H34FN7O.C32H32FN7O.C22H22FN5O/c1-23(25-8-4-3-5-9-25)36-33-35-16-14-28(37-33)32-31(26-10-12-27(34)13-11-26)38-29-20-24(15-19-41(29)32)21-39(2)22-30(42)40-17-6-7-18-40;1-22(24-7-4-3-5-8-24)35-32-34-15-13-27(36-32)31-30(25-9-11-26(33)12-10-25)37-28-19-23(14-18-40(28)31)20-38(2)21-29(41)39-16-6-17-39;1-22(2,3)27-21-24-10-8-17(25-21)20-19(15-4-6-16(23)7-5-15)26-18-12-14(13-29)9-11-28(18)20/h3-5,8-16,19-20,23H,6-7,17-18,21-22H2,1-2H3,(H,35,36,37);3-5,7-15,18-19,22H,6,16-17,20-21H2,1-2H3,(H,34,35,36);4-12,29H,13H2,1-3H3,(H,24,25,27)/t23-;22-;/m00./s1. The molecule has 2 aliphatic heterocycles. The number of aliphatic hydroxyl groups excluding tert-OH is 1. The molecule has 22 nitrogen and oxygen atoms in total. The van der Waals surface area contributed by atoms with Crippen molar-refractivity contribution >= 4 is 46.6 Å². The van der Waals surface area contributed by atoms with Gasteiger partial charge in [-0.3, -0.25) is 32.6 Å². The van der Waals surface area contributed by atoms with Crippen molar-refractivity contribution in [1.82, 2.24) is 77.7 Å². The lowest BCUT2D eigenvalue weighted by atomic mass is 10.1. The van der Waals surface area contributed by atoms with E-state index in [9.17, 15) is 27.9 Å². The Kier molecular flexibility index (Phi) is 23.2. The summed E-state index contributed by atoms with van der Waals surface area (Å²) in [7, 11) is 3.92. The van der Waals surface area contributed by atoms with Crippen molar-refractivity contribution in [3.63, 3.8) is 0 Å². The van der Waals surface area contributed by atoms with Crippen LogP contribution in [0.4, 0.5) is 31.0 Å². The number of hydrogen-bond donors (Lipinski definition) is 4. The summed E-state index contributed by atoms with van der Waals surface area (Å²) in [6.45, 7) is 15.6. The number of nitrogens with zero attached hydrogens (tertiary/aromatic N) is 16. The van der Waals surface area contributed by atoms with E-state index in [0.29, 0.717) is 83.8 Å². The first-order valence-electron chi connectivity index (χ1n) is 37.5. The summed E-state index contributed by atoms with van der Waals surface area (Å²) in [5, 5.41) is 19.6. The van der Waals surface area contributed by atoms with Crippen LogP contribution < -0.4 is 16.0 Å². The second-order valence-corrected chi connectivity index (χ2v) is 29.3. The van der Waals surface area contributed by atoms with Gasteiger partial charge in [-0.1, -0.05) is 60.7 Å². The van der Waals surface area contributed by atoms with Gasteiger partial charge in [0.2, 0.25) is 29.7 Å². The first kappa shape index (κ1) is 76.2. The quantitative estimate of drug-likeness (QED) is 0.0494. The van der Waals surface area contributed by atoms with Crippen molar-refractivity contribution in [3.8, 4) is 67.9 Å². The van der Waals surface area contributed by atoms with E-state index < -0.39 is 0 Å². The van der Waals surface area contributed by atoms with Gasteiger partial charge in [-0.2, -0.15) is 0 Å². The van der Waals surface area contributed by atoms with Gasteiger partial charge in [-0.05, 0) is 223 Å². The molecule has 16 rings (SSSR count). The number of amides is 2. The molecule has 2 atom stereocenters. The number of fused-ring (bicyclic) bond motifs is 3. The first-order chi connectivity index (χ1) is 54.2. The van der Waals surface area contributed by atoms with Crippen LogP contribution in [0, 0.1) is 17.5 Å². The summed E-state index contributed by atoms with van der Waals surface area (Å²) in [6.07, 6.45) is 14.2. The van der Waals surface area contributed by atoms with Gasteiger partial charge in [0.05, 0.1) is 83.0 Å². The average molecular weight is 1500 g/mol. The maximum absolute atomic E-state index is 13.8. The van der Waals surface area contributed by atoms with Crippen molar-refractivity contribution in [1.29, 1.82) is 0 Å². The summed E-state index contributed by atoms with van der Waals surface area (Å²) in [6, 6.07) is 56.5. The minimum absolute atomic E-state index is 0.0112. The number of hydrogen-bond acceptors (Lipinski definition) is 17. The number of rotatable bonds is 22. The molecule has 25 heteroatoms. The maximum atomic E-state index is 13.8. The Morgan fingerprint density at radius 1 is 0.446 bits per heavy atom. The number of aliphatic hydroxyl groups is 1. The number of nitrogens with one attached hydrogen (secondary N) is 3. The number of likely N-dealkylation sites (N-methyl/N-ethyl adjacent to an activating group) is 2. The lowest BCUT2D eigenvalue weighted by Crippen LogP contribution is -2.46. The number of imidazole rings is 3. The van der Waals surface area contributed by atoms with Crippen LogP contribution in [0.2, 0.25) is 0 Å². The largest absolute Gasteiger partial charge is 0.392 e. The van der Waals surface area contributed by atoms with E-state index >= 15 is 0 Å². The van der Waals surface area contributed by atoms with Crippen molar-refractivity contribution in [3.05, 3.63) is 271 Å². The summed E-state index contributed by atoms with van der Waals surface area (Å²) >= 11 is 0. The van der Waals surface area contributed by atoms with Gasteiger partial charge >= 0.3 is 0 Å². The maximum Gasteiger partial charge on any atom is 0.236 e. The Morgan fingerprint density at radius 2 is 0.786 bits per heavy atom. The second-order valence-electron chi connectivity index (χ2n) is 29.3. The van der Waals surface area contributed by atoms with Crippen molar-refractivity contribution < 1.29 is 27.9 Å². The lowest BCUT2D eigenvalue weighted by molar-refractivity contribution is -0.135. The van der Waals surface area contributed by atoms with Gasteiger partial charge in [-0.15, -0.1) is 0 Å². The fourth-order valence-electron chi connectivity index (χ4n) is 13.7. The Morgan fingerprint density at radius 3 is 1.13 bits per heavy atom. The van der Waals surface area contributed by atoms with Crippen LogP contribution in [0.25, 0.3) is 84.9 Å². The molecule has 11 heterocycles. The fourth-order valence-corrected chi connectivity index (χ4v) is 13.7. The fraction of sp³-hybridized carbons (Fsp3) is 0.253. The zero-order valence-corrected chi connectivity index (χ0v) is 63.6. The molecule has 4 N–H and O–H groups in total. The third kappa shape index (κ3) is 18.3. The van der Waals surface area contributed by atoms with Gasteiger partial charge in [0.25, 0.3) is 0 Å². The zero-order chi connectivity index (χ0) is 78.0. The molecule has 0 spiro atoms. The average Bonchev–Trinajstić information content (AvgIpc) is 1.62. The van der Waals surface area contributed by atoms with E-state index in [0.717, 1.165) is 118 Å². The van der Waals surface area contributed by atoms with Gasteiger partial charge in [-0.25, -0.2) is 58.0 Å². The third-order valence-electron chi connectivity index (χ3n) is 19.5. The highest BCUT2D eigenvalue weighted by Crippen LogP contribution is 2.37. The van der Waals surface area contributed by atoms with Gasteiger partial charge in [0, 0.05) is 98.7 Å². The minimum Gasteiger partial charge on any atom is -0.392 e. The molecule has 2 aliphatic rings. The van der Waals surface area contributed by atoms with E-state index in [1.807, 2.05) is 177 Å². The van der Waals surface area contributed by atoms with Crippen LogP contribution in [0.5, 0.6) is 0 Å². The Labute approximate surface area is 647 Å². The molecule has 5 aromatic carbocycles. The van der Waals surface area contributed by atoms with Crippen LogP contribution >= 0.6 is 0 Å². The molecule has 2 fully saturated rings. The molecule has 14 aromatic rings. The zero-order valence-electron chi connectivity index (χ0n) is 63.6. The lowest BCUT2D eigenvalue weighted by Gasteiger charge is -2.32. The van der Waals surface area contributed by atoms with Crippen molar-refractivity contribution in [2.75, 3.05) is 69.3 Å². The number of carbonyl (C=O) groups excluding carboxylic acids is 2. The SMILES string of the molecule is CC(C)(C)Nc1nccc(-c2c(-c3ccc(F)cc3)nc3cc(CO)ccn23)n1.C[C@H](Nc1nccc(-c2c(-c3ccc(F)cc3)nc3cc(CN(C)CC(=O)N4CCC4)ccn23)n1)c1ccccc1.C[C@H](Nc1nccc(-c2c(-c3ccc(F)cc3)nc3cc(CN(C)CC(=O)N4CCCC4)ccn23)n1)c1ccccc1. The summed E-state index contributed by atoms with van der Waals surface area (Å²) in [5.74, 6) is 0.946. The summed E-state index contributed by atoms with van der Waals surface area (Å²) in [5.41, 5.74) is 15.9. The van der Waals surface area contributed by atoms with Gasteiger partial charge < -0.3 is 30.9 Å². The molecule has 9 aromatic heterocycles. The van der Waals surface area contributed by atoms with Crippen LogP contribution in [0.3, 0.4) is 0 Å². The highest BCUT2D eigenvalue weighted by Gasteiger charge is 2.26. The van der Waals surface area contributed by atoms with Crippen LogP contribution in [-0.4, -0.2) is 153 Å². The Hall–Kier alpha value is -12.6. The molecular formula is C87H88F3N19O3. The van der Waals surface area contributed by atoms with E-state index in [1.165, 1.54) is 36.4 Å². The van der Waals surface area contributed by atoms with E-state index in [-0.39, 0.29) is 53.5 Å². The molecular weight excluding hydrogens is 1420 g/mol. The molecule has 2 amide bonds. The highest BCUT2D eigenvalue weighted by molar-refractivity contribution is 5.84. The van der Waals surface area contributed by atoms with E-state index in [4.69, 9.17) is 29.9 Å². The van der Waals surface area contributed by atoms with Crippen LogP contribution in [0.15, 0.2) is 225 Å². The molecule has 570 valence electrons. The highest BCUT2D eigenvalue weighted by atomic mass is 19.1. The third-order valence-corrected chi connectivity index (χ3v) is 19.5. The number of anilines is 3. The predicted molar refractivity (Wildman–Crippen MR) is 431 cm³/mol. The van der Waals surface area contributed by atoms with Gasteiger partial charge in [0.1, 0.15) is 34.4 Å². The monoisotopic (exact) mass is 1500 g/mol.